The Morgan fingerprint density at radius 1 is 1.44 bits per heavy atom. The van der Waals surface area contributed by atoms with E-state index in [2.05, 4.69) is 0 Å². The lowest BCUT2D eigenvalue weighted by atomic mass is 9.77. The van der Waals surface area contributed by atoms with Crippen molar-refractivity contribution in [3.8, 4) is 0 Å². The van der Waals surface area contributed by atoms with Crippen LogP contribution in [0.2, 0.25) is 0 Å². The molecule has 0 spiro atoms. The quantitative estimate of drug-likeness (QED) is 0.771. The maximum atomic E-state index is 13.6. The third-order valence-corrected chi connectivity index (χ3v) is 3.07. The Kier molecular flexibility index (Phi) is 3.80. The fourth-order valence-electron chi connectivity index (χ4n) is 2.16. The van der Waals surface area contributed by atoms with Crippen molar-refractivity contribution in [3.05, 3.63) is 0 Å². The summed E-state index contributed by atoms with van der Waals surface area (Å²) >= 11 is 0. The molecule has 1 saturated carbocycles. The first-order valence-corrected chi connectivity index (χ1v) is 5.22. The molecule has 0 heterocycles. The largest absolute Gasteiger partial charge is 0.481 e. The smallest absolute Gasteiger partial charge is 0.422 e. The van der Waals surface area contributed by atoms with Gasteiger partial charge in [0.25, 0.3) is 0 Å². The standard InChI is InChI=1S/C10H14F4O2/c11-9(10(12,13)14)5-1-2-7(6-9)3-4-8(15)16/h7H,1-6H2,(H,15,16). The van der Waals surface area contributed by atoms with Gasteiger partial charge in [-0.2, -0.15) is 13.2 Å². The lowest BCUT2D eigenvalue weighted by Crippen LogP contribution is -2.44. The van der Waals surface area contributed by atoms with E-state index in [0.29, 0.717) is 6.42 Å². The highest BCUT2D eigenvalue weighted by atomic mass is 19.4. The molecule has 1 N–H and O–H groups in total. The topological polar surface area (TPSA) is 37.3 Å². The molecule has 0 aromatic rings. The van der Waals surface area contributed by atoms with Crippen LogP contribution >= 0.6 is 0 Å². The van der Waals surface area contributed by atoms with Crippen molar-refractivity contribution in [2.45, 2.75) is 50.4 Å². The molecule has 6 heteroatoms. The average molecular weight is 242 g/mol. The molecule has 0 radical (unpaired) electrons. The molecule has 1 fully saturated rings. The van der Waals surface area contributed by atoms with Gasteiger partial charge in [-0.1, -0.05) is 6.42 Å². The van der Waals surface area contributed by atoms with Crippen molar-refractivity contribution in [1.29, 1.82) is 0 Å². The molecule has 0 aromatic heterocycles. The highest BCUT2D eigenvalue weighted by Crippen LogP contribution is 2.47. The normalized spacial score (nSPS) is 31.4. The summed E-state index contributed by atoms with van der Waals surface area (Å²) in [4.78, 5) is 10.3. The predicted octanol–water partition coefficient (Wildman–Crippen LogP) is 3.31. The van der Waals surface area contributed by atoms with Crippen molar-refractivity contribution in [3.63, 3.8) is 0 Å². The van der Waals surface area contributed by atoms with E-state index in [1.807, 2.05) is 0 Å². The SMILES string of the molecule is O=C(O)CCC1CCCC(F)(C(F)(F)F)C1. The zero-order chi connectivity index (χ0) is 12.4. The zero-order valence-electron chi connectivity index (χ0n) is 8.69. The second kappa shape index (κ2) is 4.59. The first-order chi connectivity index (χ1) is 7.24. The van der Waals surface area contributed by atoms with E-state index in [-0.39, 0.29) is 19.3 Å². The Morgan fingerprint density at radius 2 is 2.06 bits per heavy atom. The molecule has 2 unspecified atom stereocenters. The molecule has 0 aromatic carbocycles. The van der Waals surface area contributed by atoms with Gasteiger partial charge in [0.2, 0.25) is 5.67 Å². The molecule has 2 nitrogen and oxygen atoms in total. The summed E-state index contributed by atoms with van der Waals surface area (Å²) in [6, 6.07) is 0. The number of carboxylic acid groups (broad SMARTS) is 1. The molecule has 0 amide bonds. The second-order valence-corrected chi connectivity index (χ2v) is 4.36. The van der Waals surface area contributed by atoms with Gasteiger partial charge < -0.3 is 5.11 Å². The van der Waals surface area contributed by atoms with Crippen LogP contribution in [0.1, 0.15) is 38.5 Å². The van der Waals surface area contributed by atoms with Gasteiger partial charge in [-0.25, -0.2) is 4.39 Å². The van der Waals surface area contributed by atoms with Crippen LogP contribution < -0.4 is 0 Å². The maximum Gasteiger partial charge on any atom is 0.422 e. The van der Waals surface area contributed by atoms with Gasteiger partial charge >= 0.3 is 12.1 Å². The molecule has 0 saturated heterocycles. The van der Waals surface area contributed by atoms with Gasteiger partial charge in [-0.05, 0) is 31.6 Å². The number of alkyl halides is 4. The fraction of sp³-hybridized carbons (Fsp3) is 0.900. The number of rotatable bonds is 3. The highest BCUT2D eigenvalue weighted by Gasteiger charge is 2.57. The van der Waals surface area contributed by atoms with E-state index in [1.165, 1.54) is 0 Å². The monoisotopic (exact) mass is 242 g/mol. The van der Waals surface area contributed by atoms with Gasteiger partial charge in [0.15, 0.2) is 0 Å². The van der Waals surface area contributed by atoms with Gasteiger partial charge in [0, 0.05) is 6.42 Å². The Balaban J connectivity index is 2.56. The minimum absolute atomic E-state index is 0.122. The Hall–Kier alpha value is -0.810. The molecule has 94 valence electrons. The van der Waals surface area contributed by atoms with E-state index in [4.69, 9.17) is 5.11 Å². The zero-order valence-corrected chi connectivity index (χ0v) is 8.69. The van der Waals surface area contributed by atoms with E-state index in [9.17, 15) is 22.4 Å². The molecule has 0 aliphatic heterocycles. The summed E-state index contributed by atoms with van der Waals surface area (Å²) in [6.45, 7) is 0. The Labute approximate surface area is 90.6 Å². The lowest BCUT2D eigenvalue weighted by Gasteiger charge is -2.35. The number of hydrogen-bond acceptors (Lipinski definition) is 1. The minimum atomic E-state index is -4.84. The van der Waals surface area contributed by atoms with Gasteiger partial charge in [-0.15, -0.1) is 0 Å². The summed E-state index contributed by atoms with van der Waals surface area (Å²) in [7, 11) is 0. The van der Waals surface area contributed by atoms with E-state index in [0.717, 1.165) is 0 Å². The van der Waals surface area contributed by atoms with Crippen LogP contribution in [0.15, 0.2) is 0 Å². The van der Waals surface area contributed by atoms with Crippen molar-refractivity contribution in [2.75, 3.05) is 0 Å². The third-order valence-electron chi connectivity index (χ3n) is 3.07. The van der Waals surface area contributed by atoms with Crippen LogP contribution in [0.25, 0.3) is 0 Å². The summed E-state index contributed by atoms with van der Waals surface area (Å²) < 4.78 is 50.8. The number of hydrogen-bond donors (Lipinski definition) is 1. The van der Waals surface area contributed by atoms with Crippen LogP contribution in [0.5, 0.6) is 0 Å². The summed E-state index contributed by atoms with van der Waals surface area (Å²) in [5.41, 5.74) is -3.12. The van der Waals surface area contributed by atoms with Crippen molar-refractivity contribution in [1.82, 2.24) is 0 Å². The van der Waals surface area contributed by atoms with Crippen LogP contribution in [0.3, 0.4) is 0 Å². The van der Waals surface area contributed by atoms with E-state index < -0.39 is 36.6 Å². The summed E-state index contributed by atoms with van der Waals surface area (Å²) in [5.74, 6) is -1.53. The first-order valence-electron chi connectivity index (χ1n) is 5.22. The number of aliphatic carboxylic acids is 1. The minimum Gasteiger partial charge on any atom is -0.481 e. The molecule has 16 heavy (non-hydrogen) atoms. The van der Waals surface area contributed by atoms with Crippen LogP contribution in [-0.4, -0.2) is 22.9 Å². The molecule has 1 aliphatic carbocycles. The predicted molar refractivity (Wildman–Crippen MR) is 48.7 cm³/mol. The number of carboxylic acids is 1. The number of carbonyl (C=O) groups is 1. The first kappa shape index (κ1) is 13.3. The van der Waals surface area contributed by atoms with Crippen LogP contribution in [0, 0.1) is 5.92 Å². The summed E-state index contributed by atoms with van der Waals surface area (Å²) in [6.07, 6.45) is -5.36. The van der Waals surface area contributed by atoms with Crippen LogP contribution in [0.4, 0.5) is 17.6 Å². The number of halogens is 4. The van der Waals surface area contributed by atoms with Gasteiger partial charge in [0.1, 0.15) is 0 Å². The third kappa shape index (κ3) is 3.09. The van der Waals surface area contributed by atoms with E-state index >= 15 is 0 Å². The molecule has 1 aliphatic rings. The average Bonchev–Trinajstić information content (AvgIpc) is 2.13. The van der Waals surface area contributed by atoms with Crippen molar-refractivity contribution in [2.24, 2.45) is 5.92 Å². The fourth-order valence-corrected chi connectivity index (χ4v) is 2.16. The maximum absolute atomic E-state index is 13.6. The van der Waals surface area contributed by atoms with E-state index in [1.54, 1.807) is 0 Å². The lowest BCUT2D eigenvalue weighted by molar-refractivity contribution is -0.244. The van der Waals surface area contributed by atoms with Crippen LogP contribution in [-0.2, 0) is 4.79 Å². The van der Waals surface area contributed by atoms with Gasteiger partial charge in [-0.3, -0.25) is 4.79 Å². The summed E-state index contributed by atoms with van der Waals surface area (Å²) in [5, 5.41) is 8.42. The molecule has 2 atom stereocenters. The second-order valence-electron chi connectivity index (χ2n) is 4.36. The molecular weight excluding hydrogens is 228 g/mol. The van der Waals surface area contributed by atoms with Crippen molar-refractivity contribution >= 4 is 5.97 Å². The molecule has 1 rings (SSSR count). The Bertz CT molecular complexity index is 264. The van der Waals surface area contributed by atoms with Crippen molar-refractivity contribution < 1.29 is 27.5 Å². The van der Waals surface area contributed by atoms with Gasteiger partial charge in [0.05, 0.1) is 0 Å². The highest BCUT2D eigenvalue weighted by molar-refractivity contribution is 5.66. The molecular formula is C10H14F4O2. The molecule has 0 bridgehead atoms. The Morgan fingerprint density at radius 3 is 2.56 bits per heavy atom.